The van der Waals surface area contributed by atoms with E-state index in [0.29, 0.717) is 11.0 Å². The molecule has 1 atom stereocenters. The maximum absolute atomic E-state index is 5.80. The summed E-state index contributed by atoms with van der Waals surface area (Å²) in [6, 6.07) is -0.0372. The second-order valence-corrected chi connectivity index (χ2v) is 3.79. The molecule has 4 nitrogen and oxygen atoms in total. The van der Waals surface area contributed by atoms with Crippen LogP contribution < -0.4 is 11.5 Å². The number of hydrogen-bond donors (Lipinski definition) is 2. The van der Waals surface area contributed by atoms with E-state index in [1.54, 1.807) is 0 Å². The van der Waals surface area contributed by atoms with Crippen molar-refractivity contribution in [2.24, 2.45) is 11.7 Å². The van der Waals surface area contributed by atoms with Gasteiger partial charge < -0.3 is 11.5 Å². The zero-order valence-electron chi connectivity index (χ0n) is 6.61. The van der Waals surface area contributed by atoms with Crippen LogP contribution in [-0.2, 0) is 0 Å². The Morgan fingerprint density at radius 2 is 2.00 bits per heavy atom. The molecule has 0 aliphatic heterocycles. The van der Waals surface area contributed by atoms with Gasteiger partial charge in [0.15, 0.2) is 0 Å². The van der Waals surface area contributed by atoms with Gasteiger partial charge >= 0.3 is 0 Å². The van der Waals surface area contributed by atoms with E-state index in [2.05, 4.69) is 10.2 Å². The third-order valence-electron chi connectivity index (χ3n) is 1.46. The molecule has 0 aliphatic rings. The Hall–Kier alpha value is -0.680. The number of aromatic nitrogens is 2. The summed E-state index contributed by atoms with van der Waals surface area (Å²) in [5.41, 5.74) is 11.2. The van der Waals surface area contributed by atoms with E-state index in [1.165, 1.54) is 11.3 Å². The molecule has 0 amide bonds. The molecule has 4 N–H and O–H groups in total. The Morgan fingerprint density at radius 3 is 2.36 bits per heavy atom. The van der Waals surface area contributed by atoms with E-state index in [0.717, 1.165) is 5.01 Å². The molecule has 0 aliphatic carbocycles. The molecule has 0 spiro atoms. The van der Waals surface area contributed by atoms with Crippen molar-refractivity contribution in [1.29, 1.82) is 0 Å². The van der Waals surface area contributed by atoms with Crippen molar-refractivity contribution in [3.8, 4) is 0 Å². The molecule has 0 fully saturated rings. The number of nitrogens with two attached hydrogens (primary N) is 2. The molecule has 0 radical (unpaired) electrons. The predicted octanol–water partition coefficient (Wildman–Crippen LogP) is 0.776. The van der Waals surface area contributed by atoms with Crippen molar-refractivity contribution in [3.63, 3.8) is 0 Å². The minimum absolute atomic E-state index is 0.0372. The fourth-order valence-electron chi connectivity index (χ4n) is 0.666. The van der Waals surface area contributed by atoms with Gasteiger partial charge in [-0.15, -0.1) is 10.2 Å². The molecule has 1 aromatic heterocycles. The van der Waals surface area contributed by atoms with Gasteiger partial charge in [-0.1, -0.05) is 25.2 Å². The normalized spacial score (nSPS) is 13.8. The summed E-state index contributed by atoms with van der Waals surface area (Å²) >= 11 is 1.35. The topological polar surface area (TPSA) is 77.8 Å². The van der Waals surface area contributed by atoms with Crippen LogP contribution in [0.15, 0.2) is 0 Å². The molecule has 11 heavy (non-hydrogen) atoms. The third kappa shape index (κ3) is 1.87. The summed E-state index contributed by atoms with van der Waals surface area (Å²) in [5, 5.41) is 8.84. The van der Waals surface area contributed by atoms with E-state index < -0.39 is 0 Å². The van der Waals surface area contributed by atoms with Gasteiger partial charge in [-0.25, -0.2) is 0 Å². The van der Waals surface area contributed by atoms with Crippen LogP contribution in [-0.4, -0.2) is 10.2 Å². The van der Waals surface area contributed by atoms with Crippen LogP contribution in [0.5, 0.6) is 0 Å². The average Bonchev–Trinajstić information content (AvgIpc) is 2.34. The summed E-state index contributed by atoms with van der Waals surface area (Å²) in [7, 11) is 0. The summed E-state index contributed by atoms with van der Waals surface area (Å²) < 4.78 is 0. The summed E-state index contributed by atoms with van der Waals surface area (Å²) in [6.07, 6.45) is 0. The van der Waals surface area contributed by atoms with E-state index in [1.807, 2.05) is 13.8 Å². The van der Waals surface area contributed by atoms with E-state index in [-0.39, 0.29) is 6.04 Å². The first kappa shape index (κ1) is 8.42. The lowest BCUT2D eigenvalue weighted by Crippen LogP contribution is -2.16. The van der Waals surface area contributed by atoms with Gasteiger partial charge in [0.2, 0.25) is 5.13 Å². The number of nitrogens with zero attached hydrogens (tertiary/aromatic N) is 2. The first-order valence-electron chi connectivity index (χ1n) is 3.45. The van der Waals surface area contributed by atoms with Crippen molar-refractivity contribution < 1.29 is 0 Å². The molecule has 62 valence electrons. The Labute approximate surface area is 69.6 Å². The molecule has 5 heteroatoms. The lowest BCUT2D eigenvalue weighted by molar-refractivity contribution is 0.509. The second-order valence-electron chi connectivity index (χ2n) is 2.75. The van der Waals surface area contributed by atoms with E-state index >= 15 is 0 Å². The molecule has 1 heterocycles. The maximum Gasteiger partial charge on any atom is 0.203 e. The molecule has 1 rings (SSSR count). The van der Waals surface area contributed by atoms with Crippen LogP contribution in [0.25, 0.3) is 0 Å². The van der Waals surface area contributed by atoms with Crippen LogP contribution >= 0.6 is 11.3 Å². The fourth-order valence-corrected chi connectivity index (χ4v) is 1.45. The molecule has 0 saturated heterocycles. The smallest absolute Gasteiger partial charge is 0.203 e. The van der Waals surface area contributed by atoms with Crippen LogP contribution in [0.2, 0.25) is 0 Å². The van der Waals surface area contributed by atoms with Crippen molar-refractivity contribution in [2.75, 3.05) is 5.73 Å². The largest absolute Gasteiger partial charge is 0.374 e. The quantitative estimate of drug-likeness (QED) is 0.691. The maximum atomic E-state index is 5.80. The highest BCUT2D eigenvalue weighted by Crippen LogP contribution is 2.22. The Kier molecular flexibility index (Phi) is 2.41. The Morgan fingerprint density at radius 1 is 1.36 bits per heavy atom. The highest BCUT2D eigenvalue weighted by Gasteiger charge is 2.14. The van der Waals surface area contributed by atoms with Crippen LogP contribution in [0.4, 0.5) is 5.13 Å². The standard InChI is InChI=1S/C6H12N4S/c1-3(2)4(7)5-9-10-6(8)11-5/h3-4H,7H2,1-2H3,(H2,8,10)/t4-/m0/s1. The first-order chi connectivity index (χ1) is 5.11. The van der Waals surface area contributed by atoms with Gasteiger partial charge in [-0.05, 0) is 5.92 Å². The Bertz CT molecular complexity index is 232. The van der Waals surface area contributed by atoms with Crippen molar-refractivity contribution in [3.05, 3.63) is 5.01 Å². The third-order valence-corrected chi connectivity index (χ3v) is 2.31. The number of hydrogen-bond acceptors (Lipinski definition) is 5. The zero-order valence-corrected chi connectivity index (χ0v) is 7.43. The number of rotatable bonds is 2. The lowest BCUT2D eigenvalue weighted by Gasteiger charge is -2.10. The molecule has 0 bridgehead atoms. The van der Waals surface area contributed by atoms with E-state index in [9.17, 15) is 0 Å². The first-order valence-corrected chi connectivity index (χ1v) is 4.27. The summed E-state index contributed by atoms with van der Waals surface area (Å²) in [5.74, 6) is 0.377. The number of nitrogen functional groups attached to an aromatic ring is 1. The molecular formula is C6H12N4S. The van der Waals surface area contributed by atoms with Gasteiger partial charge in [0.1, 0.15) is 5.01 Å². The number of anilines is 1. The highest BCUT2D eigenvalue weighted by atomic mass is 32.1. The molecule has 0 saturated carbocycles. The highest BCUT2D eigenvalue weighted by molar-refractivity contribution is 7.15. The average molecular weight is 172 g/mol. The van der Waals surface area contributed by atoms with Gasteiger partial charge in [-0.2, -0.15) is 0 Å². The molecule has 0 unspecified atom stereocenters. The van der Waals surface area contributed by atoms with E-state index in [4.69, 9.17) is 11.5 Å². The lowest BCUT2D eigenvalue weighted by atomic mass is 10.1. The van der Waals surface area contributed by atoms with Crippen molar-refractivity contribution in [2.45, 2.75) is 19.9 Å². The minimum atomic E-state index is -0.0372. The van der Waals surface area contributed by atoms with Gasteiger partial charge in [-0.3, -0.25) is 0 Å². The van der Waals surface area contributed by atoms with Crippen LogP contribution in [0.3, 0.4) is 0 Å². The van der Waals surface area contributed by atoms with Gasteiger partial charge in [0.25, 0.3) is 0 Å². The van der Waals surface area contributed by atoms with Gasteiger partial charge in [0.05, 0.1) is 6.04 Å². The molecule has 1 aromatic rings. The summed E-state index contributed by atoms with van der Waals surface area (Å²) in [6.45, 7) is 4.09. The molecular weight excluding hydrogens is 160 g/mol. The van der Waals surface area contributed by atoms with Crippen LogP contribution in [0.1, 0.15) is 24.9 Å². The zero-order chi connectivity index (χ0) is 8.43. The van der Waals surface area contributed by atoms with Crippen LogP contribution in [0, 0.1) is 5.92 Å². The SMILES string of the molecule is CC(C)[C@H](N)c1nnc(N)s1. The Balaban J connectivity index is 2.76. The monoisotopic (exact) mass is 172 g/mol. The van der Waals surface area contributed by atoms with Gasteiger partial charge in [0, 0.05) is 0 Å². The predicted molar refractivity (Wildman–Crippen MR) is 46.1 cm³/mol. The minimum Gasteiger partial charge on any atom is -0.374 e. The van der Waals surface area contributed by atoms with Crippen molar-refractivity contribution >= 4 is 16.5 Å². The molecule has 0 aromatic carbocycles. The fraction of sp³-hybridized carbons (Fsp3) is 0.667. The summed E-state index contributed by atoms with van der Waals surface area (Å²) in [4.78, 5) is 0. The second kappa shape index (κ2) is 3.15. The van der Waals surface area contributed by atoms with Crippen molar-refractivity contribution in [1.82, 2.24) is 10.2 Å².